The third kappa shape index (κ3) is 15.0. The summed E-state index contributed by atoms with van der Waals surface area (Å²) in [5, 5.41) is 10.7. The van der Waals surface area contributed by atoms with E-state index in [0.717, 1.165) is 40.8 Å². The molecule has 0 aromatic heterocycles. The first-order chi connectivity index (χ1) is 24.6. The smallest absolute Gasteiger partial charge is 0.323 e. The van der Waals surface area contributed by atoms with Crippen molar-refractivity contribution >= 4 is 39.0 Å². The van der Waals surface area contributed by atoms with E-state index in [1.54, 1.807) is 0 Å². The molecule has 0 radical (unpaired) electrons. The van der Waals surface area contributed by atoms with Gasteiger partial charge >= 0.3 is 6.03 Å². The van der Waals surface area contributed by atoms with Gasteiger partial charge in [0.2, 0.25) is 0 Å². The summed E-state index contributed by atoms with van der Waals surface area (Å²) in [5.41, 5.74) is 1.41. The first-order valence-electron chi connectivity index (χ1n) is 20.1. The van der Waals surface area contributed by atoms with Gasteiger partial charge in [-0.3, -0.25) is 0 Å². The van der Waals surface area contributed by atoms with Crippen LogP contribution in [0, 0.1) is 0 Å². The van der Waals surface area contributed by atoms with Gasteiger partial charge in [-0.05, 0) is 58.7 Å². The van der Waals surface area contributed by atoms with Crippen LogP contribution in [-0.2, 0) is 0 Å². The number of unbranched alkanes of at least 4 members (excludes halogenated alkanes) is 18. The molecule has 0 unspecified atom stereocenters. The maximum Gasteiger partial charge on any atom is 0.323 e. The molecule has 0 atom stereocenters. The number of benzene rings is 4. The Morgan fingerprint density at radius 2 is 0.860 bits per heavy atom. The van der Waals surface area contributed by atoms with Crippen molar-refractivity contribution in [3.05, 3.63) is 72.8 Å². The predicted octanol–water partition coefficient (Wildman–Crippen LogP) is 14.2. The SMILES string of the molecule is CCCCCCCCCCCCOc1cc(NC(=O)Nc2ccc3cc4ccccc4cc3c2)cc(OCCCCCCCCCCCC)c1. The van der Waals surface area contributed by atoms with E-state index in [9.17, 15) is 4.79 Å². The van der Waals surface area contributed by atoms with Crippen molar-refractivity contribution in [2.24, 2.45) is 0 Å². The van der Waals surface area contributed by atoms with Crippen LogP contribution in [0.5, 0.6) is 11.5 Å². The van der Waals surface area contributed by atoms with Gasteiger partial charge < -0.3 is 20.1 Å². The van der Waals surface area contributed by atoms with Crippen LogP contribution in [0.3, 0.4) is 0 Å². The summed E-state index contributed by atoms with van der Waals surface area (Å²) in [7, 11) is 0. The van der Waals surface area contributed by atoms with Crippen LogP contribution in [0.15, 0.2) is 72.8 Å². The molecule has 50 heavy (non-hydrogen) atoms. The number of urea groups is 1. The van der Waals surface area contributed by atoms with Crippen molar-refractivity contribution < 1.29 is 14.3 Å². The van der Waals surface area contributed by atoms with E-state index in [1.807, 2.05) is 36.4 Å². The summed E-state index contributed by atoms with van der Waals surface area (Å²) >= 11 is 0. The van der Waals surface area contributed by atoms with Crippen LogP contribution >= 0.6 is 0 Å². The van der Waals surface area contributed by atoms with Crippen LogP contribution in [0.2, 0.25) is 0 Å². The molecule has 0 aliphatic rings. The largest absolute Gasteiger partial charge is 0.493 e. The lowest BCUT2D eigenvalue weighted by Gasteiger charge is -2.14. The number of amides is 2. The van der Waals surface area contributed by atoms with Crippen molar-refractivity contribution in [1.82, 2.24) is 0 Å². The van der Waals surface area contributed by atoms with Gasteiger partial charge in [0.05, 0.1) is 13.2 Å². The predicted molar refractivity (Wildman–Crippen MR) is 215 cm³/mol. The highest BCUT2D eigenvalue weighted by atomic mass is 16.5. The fraction of sp³-hybridized carbons (Fsp3) is 0.533. The lowest BCUT2D eigenvalue weighted by molar-refractivity contribution is 0.262. The second-order valence-electron chi connectivity index (χ2n) is 14.1. The maximum absolute atomic E-state index is 13.2. The fourth-order valence-electron chi connectivity index (χ4n) is 6.68. The van der Waals surface area contributed by atoms with Gasteiger partial charge in [0.1, 0.15) is 11.5 Å². The lowest BCUT2D eigenvalue weighted by atomic mass is 10.0. The average Bonchev–Trinajstić information content (AvgIpc) is 3.12. The second-order valence-corrected chi connectivity index (χ2v) is 14.1. The highest BCUT2D eigenvalue weighted by molar-refractivity contribution is 6.03. The standard InChI is InChI=1S/C45H64N2O3/c1-3-5-7-9-11-13-15-17-19-23-29-49-43-34-42(35-44(36-43)50-30-24-20-18-16-14-12-10-8-6-4-2)47-45(48)46-41-28-27-39-31-37-25-21-22-26-38(37)32-40(39)33-41/h21-22,25-28,31-36H,3-20,23-24,29-30H2,1-2H3,(H2,46,47,48). The fourth-order valence-corrected chi connectivity index (χ4v) is 6.68. The molecule has 0 fully saturated rings. The van der Waals surface area contributed by atoms with Gasteiger partial charge in [-0.15, -0.1) is 0 Å². The molecule has 0 spiro atoms. The van der Waals surface area contributed by atoms with E-state index in [1.165, 1.54) is 126 Å². The van der Waals surface area contributed by atoms with Crippen LogP contribution in [0.1, 0.15) is 142 Å². The Labute approximate surface area is 302 Å². The summed E-state index contributed by atoms with van der Waals surface area (Å²) in [6.45, 7) is 5.87. The minimum absolute atomic E-state index is 0.294. The molecule has 0 aliphatic heterocycles. The summed E-state index contributed by atoms with van der Waals surface area (Å²) in [6.07, 6.45) is 25.8. The molecule has 2 N–H and O–H groups in total. The van der Waals surface area contributed by atoms with E-state index in [4.69, 9.17) is 9.47 Å². The lowest BCUT2D eigenvalue weighted by Crippen LogP contribution is -2.19. The Morgan fingerprint density at radius 1 is 0.440 bits per heavy atom. The minimum Gasteiger partial charge on any atom is -0.493 e. The van der Waals surface area contributed by atoms with Crippen LogP contribution in [0.4, 0.5) is 16.2 Å². The van der Waals surface area contributed by atoms with Gasteiger partial charge in [-0.25, -0.2) is 4.79 Å². The number of anilines is 2. The molecule has 4 rings (SSSR count). The minimum atomic E-state index is -0.294. The highest BCUT2D eigenvalue weighted by Crippen LogP contribution is 2.29. The van der Waals surface area contributed by atoms with Gasteiger partial charge in [-0.2, -0.15) is 0 Å². The number of hydrogen-bond acceptors (Lipinski definition) is 3. The summed E-state index contributed by atoms with van der Waals surface area (Å²) < 4.78 is 12.4. The Hall–Kier alpha value is -3.73. The van der Waals surface area contributed by atoms with Crippen LogP contribution < -0.4 is 20.1 Å². The van der Waals surface area contributed by atoms with E-state index in [-0.39, 0.29) is 6.03 Å². The number of carbonyl (C=O) groups is 1. The maximum atomic E-state index is 13.2. The van der Waals surface area contributed by atoms with Crippen molar-refractivity contribution in [3.8, 4) is 11.5 Å². The molecule has 4 aromatic rings. The van der Waals surface area contributed by atoms with E-state index in [0.29, 0.717) is 18.9 Å². The summed E-state index contributed by atoms with van der Waals surface area (Å²) in [5.74, 6) is 1.46. The summed E-state index contributed by atoms with van der Waals surface area (Å²) in [4.78, 5) is 13.2. The Balaban J connectivity index is 1.26. The number of rotatable bonds is 26. The Bertz CT molecular complexity index is 1490. The Kier molecular flexibility index (Phi) is 18.5. The van der Waals surface area contributed by atoms with E-state index >= 15 is 0 Å². The van der Waals surface area contributed by atoms with E-state index in [2.05, 4.69) is 60.9 Å². The van der Waals surface area contributed by atoms with Crippen molar-refractivity contribution in [1.29, 1.82) is 0 Å². The zero-order valence-corrected chi connectivity index (χ0v) is 31.2. The number of hydrogen-bond donors (Lipinski definition) is 2. The first kappa shape index (κ1) is 39.1. The number of carbonyl (C=O) groups excluding carboxylic acids is 1. The van der Waals surface area contributed by atoms with Crippen LogP contribution in [-0.4, -0.2) is 19.2 Å². The van der Waals surface area contributed by atoms with Gasteiger partial charge in [0.25, 0.3) is 0 Å². The van der Waals surface area contributed by atoms with Crippen molar-refractivity contribution in [2.75, 3.05) is 23.8 Å². The van der Waals surface area contributed by atoms with Crippen molar-refractivity contribution in [3.63, 3.8) is 0 Å². The number of ether oxygens (including phenoxy) is 2. The van der Waals surface area contributed by atoms with E-state index < -0.39 is 0 Å². The van der Waals surface area contributed by atoms with Crippen LogP contribution in [0.25, 0.3) is 21.5 Å². The molecular weight excluding hydrogens is 617 g/mol. The second kappa shape index (κ2) is 23.6. The molecule has 4 aromatic carbocycles. The monoisotopic (exact) mass is 680 g/mol. The number of fused-ring (bicyclic) bond motifs is 2. The molecule has 0 aliphatic carbocycles. The molecule has 2 amide bonds. The van der Waals surface area contributed by atoms with Crippen molar-refractivity contribution in [2.45, 2.75) is 142 Å². The topological polar surface area (TPSA) is 59.6 Å². The van der Waals surface area contributed by atoms with Gasteiger partial charge in [-0.1, -0.05) is 160 Å². The molecular formula is C45H64N2O3. The molecule has 5 heteroatoms. The molecule has 0 bridgehead atoms. The molecule has 0 saturated carbocycles. The third-order valence-corrected chi connectivity index (χ3v) is 9.63. The van der Waals surface area contributed by atoms with Gasteiger partial charge in [0, 0.05) is 29.6 Å². The van der Waals surface area contributed by atoms with Gasteiger partial charge in [0.15, 0.2) is 0 Å². The normalized spacial score (nSPS) is 11.2. The summed E-state index contributed by atoms with van der Waals surface area (Å²) in [6, 6.07) is 24.2. The number of nitrogens with one attached hydrogen (secondary N) is 2. The molecule has 0 heterocycles. The third-order valence-electron chi connectivity index (χ3n) is 9.63. The molecule has 272 valence electrons. The molecule has 0 saturated heterocycles. The molecule has 5 nitrogen and oxygen atoms in total. The average molecular weight is 681 g/mol. The zero-order chi connectivity index (χ0) is 35.1. The first-order valence-corrected chi connectivity index (χ1v) is 20.1. The zero-order valence-electron chi connectivity index (χ0n) is 31.2. The highest BCUT2D eigenvalue weighted by Gasteiger charge is 2.09. The Morgan fingerprint density at radius 3 is 1.36 bits per heavy atom. The quantitative estimate of drug-likeness (QED) is 0.0512.